The monoisotopic (exact) mass is 234 g/mol. The molecule has 1 aliphatic heterocycles. The van der Waals surface area contributed by atoms with Crippen LogP contribution >= 0.6 is 11.8 Å². The van der Waals surface area contributed by atoms with Crippen LogP contribution in [0.1, 0.15) is 12.5 Å². The van der Waals surface area contributed by atoms with Crippen LogP contribution in [-0.2, 0) is 4.79 Å². The Morgan fingerprint density at radius 3 is 2.38 bits per heavy atom. The Balaban J connectivity index is 2.14. The third-order valence-corrected chi connectivity index (χ3v) is 3.83. The maximum atomic E-state index is 11.8. The zero-order chi connectivity index (χ0) is 11.7. The summed E-state index contributed by atoms with van der Waals surface area (Å²) in [6.45, 7) is 3.95. The molecule has 0 fully saturated rings. The summed E-state index contributed by atoms with van der Waals surface area (Å²) in [5, 5.41) is 5.40. The van der Waals surface area contributed by atoms with Crippen molar-refractivity contribution in [2.45, 2.75) is 24.0 Å². The molecule has 0 aromatic heterocycles. The van der Waals surface area contributed by atoms with Crippen molar-refractivity contribution in [1.29, 1.82) is 0 Å². The van der Waals surface area contributed by atoms with Crippen LogP contribution in [0.3, 0.4) is 0 Å². The van der Waals surface area contributed by atoms with Gasteiger partial charge in [-0.3, -0.25) is 4.79 Å². The number of benzene rings is 1. The average molecular weight is 234 g/mol. The number of hydrogen-bond acceptors (Lipinski definition) is 3. The summed E-state index contributed by atoms with van der Waals surface area (Å²) < 4.78 is 0. The van der Waals surface area contributed by atoms with Crippen LogP contribution in [0.2, 0.25) is 0 Å². The van der Waals surface area contributed by atoms with Crippen molar-refractivity contribution in [1.82, 2.24) is 5.01 Å². The summed E-state index contributed by atoms with van der Waals surface area (Å²) in [5.41, 5.74) is 2.10. The second-order valence-corrected chi connectivity index (χ2v) is 5.09. The van der Waals surface area contributed by atoms with Crippen LogP contribution in [0, 0.1) is 6.92 Å². The topological polar surface area (TPSA) is 32.7 Å². The number of hydrogen-bond donors (Lipinski definition) is 0. The van der Waals surface area contributed by atoms with Crippen molar-refractivity contribution >= 4 is 23.4 Å². The van der Waals surface area contributed by atoms with Crippen LogP contribution in [0.25, 0.3) is 0 Å². The number of hydrazone groups is 1. The summed E-state index contributed by atoms with van der Waals surface area (Å²) in [7, 11) is 1.70. The molecule has 1 unspecified atom stereocenters. The molecule has 0 bridgehead atoms. The molecule has 16 heavy (non-hydrogen) atoms. The minimum atomic E-state index is -0.160. The maximum Gasteiger partial charge on any atom is 0.261 e. The molecule has 84 valence electrons. The van der Waals surface area contributed by atoms with Crippen LogP contribution in [0.4, 0.5) is 0 Å². The summed E-state index contributed by atoms with van der Waals surface area (Å²) in [6, 6.07) is 8.19. The molecule has 1 heterocycles. The summed E-state index contributed by atoms with van der Waals surface area (Å²) in [4.78, 5) is 12.9. The molecule has 1 amide bonds. The Morgan fingerprint density at radius 1 is 1.25 bits per heavy atom. The Hall–Kier alpha value is -1.29. The van der Waals surface area contributed by atoms with Crippen molar-refractivity contribution in [2.75, 3.05) is 7.05 Å². The van der Waals surface area contributed by atoms with Crippen LogP contribution in [0.15, 0.2) is 34.3 Å². The number of nitrogens with zero attached hydrogens (tertiary/aromatic N) is 2. The van der Waals surface area contributed by atoms with E-state index < -0.39 is 0 Å². The molecule has 2 rings (SSSR count). The molecule has 0 spiro atoms. The van der Waals surface area contributed by atoms with Gasteiger partial charge in [0.2, 0.25) is 0 Å². The van der Waals surface area contributed by atoms with Crippen molar-refractivity contribution in [2.24, 2.45) is 5.10 Å². The molecule has 0 N–H and O–H groups in total. The summed E-state index contributed by atoms with van der Waals surface area (Å²) in [5.74, 6) is 0.0584. The third kappa shape index (κ3) is 2.11. The lowest BCUT2D eigenvalue weighted by molar-refractivity contribution is -0.126. The highest BCUT2D eigenvalue weighted by Gasteiger charge is 2.31. The van der Waals surface area contributed by atoms with Gasteiger partial charge in [0.05, 0.1) is 5.71 Å². The molecule has 4 heteroatoms. The normalized spacial score (nSPS) is 20.2. The van der Waals surface area contributed by atoms with E-state index in [4.69, 9.17) is 0 Å². The molecule has 0 saturated carbocycles. The van der Waals surface area contributed by atoms with E-state index in [-0.39, 0.29) is 11.2 Å². The lowest BCUT2D eigenvalue weighted by atomic mass is 10.2. The number of carbonyl (C=O) groups excluding carboxylic acids is 1. The Labute approximate surface area is 99.5 Å². The zero-order valence-corrected chi connectivity index (χ0v) is 10.4. The smallest absolute Gasteiger partial charge is 0.261 e. The van der Waals surface area contributed by atoms with Gasteiger partial charge in [0.25, 0.3) is 5.91 Å². The molecule has 0 radical (unpaired) electrons. The number of thioether (sulfide) groups is 1. The zero-order valence-electron chi connectivity index (χ0n) is 9.60. The molecule has 0 saturated heterocycles. The van der Waals surface area contributed by atoms with E-state index >= 15 is 0 Å². The van der Waals surface area contributed by atoms with Crippen LogP contribution in [-0.4, -0.2) is 28.9 Å². The van der Waals surface area contributed by atoms with E-state index in [0.717, 1.165) is 10.6 Å². The second kappa shape index (κ2) is 4.29. The van der Waals surface area contributed by atoms with Gasteiger partial charge in [-0.1, -0.05) is 17.7 Å². The maximum absolute atomic E-state index is 11.8. The first-order chi connectivity index (χ1) is 7.58. The first-order valence-electron chi connectivity index (χ1n) is 5.14. The predicted molar refractivity (Wildman–Crippen MR) is 66.7 cm³/mol. The van der Waals surface area contributed by atoms with Gasteiger partial charge < -0.3 is 0 Å². The molecular formula is C12H14N2OS. The van der Waals surface area contributed by atoms with Crippen molar-refractivity contribution in [3.05, 3.63) is 29.8 Å². The third-order valence-electron chi connectivity index (χ3n) is 2.51. The predicted octanol–water partition coefficient (Wildman–Crippen LogP) is 2.30. The molecule has 1 atom stereocenters. The van der Waals surface area contributed by atoms with Crippen molar-refractivity contribution in [3.63, 3.8) is 0 Å². The second-order valence-electron chi connectivity index (χ2n) is 3.91. The molecule has 1 aromatic carbocycles. The SMILES string of the molecule is CC1=NN(C)C(=O)C1Sc1ccc(C)cc1. The standard InChI is InChI=1S/C12H14N2OS/c1-8-4-6-10(7-5-8)16-11-9(2)13-14(3)12(11)15/h4-7,11H,1-3H3. The van der Waals surface area contributed by atoms with E-state index in [1.54, 1.807) is 18.8 Å². The Morgan fingerprint density at radius 2 is 1.88 bits per heavy atom. The highest BCUT2D eigenvalue weighted by atomic mass is 32.2. The van der Waals surface area contributed by atoms with Gasteiger partial charge >= 0.3 is 0 Å². The van der Waals surface area contributed by atoms with Gasteiger partial charge in [0, 0.05) is 11.9 Å². The quantitative estimate of drug-likeness (QED) is 0.786. The van der Waals surface area contributed by atoms with Crippen molar-refractivity contribution < 1.29 is 4.79 Å². The van der Waals surface area contributed by atoms with Gasteiger partial charge in [-0.2, -0.15) is 5.10 Å². The number of aryl methyl sites for hydroxylation is 1. The number of amides is 1. The average Bonchev–Trinajstić information content (AvgIpc) is 2.48. The fourth-order valence-electron chi connectivity index (χ4n) is 1.58. The van der Waals surface area contributed by atoms with Gasteiger partial charge in [0.15, 0.2) is 0 Å². The lowest BCUT2D eigenvalue weighted by Crippen LogP contribution is -2.26. The first-order valence-corrected chi connectivity index (χ1v) is 6.02. The highest BCUT2D eigenvalue weighted by molar-refractivity contribution is 8.01. The van der Waals surface area contributed by atoms with Crippen LogP contribution < -0.4 is 0 Å². The molecule has 1 aromatic rings. The largest absolute Gasteiger partial charge is 0.271 e. The van der Waals surface area contributed by atoms with Crippen molar-refractivity contribution in [3.8, 4) is 0 Å². The number of rotatable bonds is 2. The molecule has 1 aliphatic rings. The fraction of sp³-hybridized carbons (Fsp3) is 0.333. The Kier molecular flexibility index (Phi) is 3.01. The van der Waals surface area contributed by atoms with Gasteiger partial charge in [-0.15, -0.1) is 11.8 Å². The van der Waals surface area contributed by atoms with Gasteiger partial charge in [-0.25, -0.2) is 5.01 Å². The van der Waals surface area contributed by atoms with E-state index in [9.17, 15) is 4.79 Å². The Bertz CT molecular complexity index is 439. The highest BCUT2D eigenvalue weighted by Crippen LogP contribution is 2.28. The van der Waals surface area contributed by atoms with E-state index in [0.29, 0.717) is 0 Å². The summed E-state index contributed by atoms with van der Waals surface area (Å²) >= 11 is 1.56. The van der Waals surface area contributed by atoms with E-state index in [1.165, 1.54) is 10.6 Å². The molecule has 3 nitrogen and oxygen atoms in total. The summed E-state index contributed by atoms with van der Waals surface area (Å²) in [6.07, 6.45) is 0. The lowest BCUT2D eigenvalue weighted by Gasteiger charge is -2.09. The molecule has 0 aliphatic carbocycles. The van der Waals surface area contributed by atoms with Crippen LogP contribution in [0.5, 0.6) is 0 Å². The van der Waals surface area contributed by atoms with Gasteiger partial charge in [0.1, 0.15) is 5.25 Å². The fourth-order valence-corrected chi connectivity index (χ4v) is 2.61. The minimum Gasteiger partial charge on any atom is -0.271 e. The minimum absolute atomic E-state index is 0.0584. The molecular weight excluding hydrogens is 220 g/mol. The number of carbonyl (C=O) groups is 1. The van der Waals surface area contributed by atoms with E-state index in [2.05, 4.69) is 24.2 Å². The van der Waals surface area contributed by atoms with Gasteiger partial charge in [-0.05, 0) is 26.0 Å². The first kappa shape index (κ1) is 11.2. The van der Waals surface area contributed by atoms with E-state index in [1.807, 2.05) is 19.1 Å².